The Morgan fingerprint density at radius 3 is 2.50 bits per heavy atom. The van der Waals surface area contributed by atoms with Gasteiger partial charge in [0.2, 0.25) is 5.91 Å². The van der Waals surface area contributed by atoms with E-state index in [0.717, 1.165) is 19.3 Å². The van der Waals surface area contributed by atoms with Crippen molar-refractivity contribution in [2.75, 3.05) is 13.1 Å². The number of nitrogens with two attached hydrogens (primary N) is 1. The molecule has 1 unspecified atom stereocenters. The molecule has 1 saturated carbocycles. The van der Waals surface area contributed by atoms with E-state index in [9.17, 15) is 9.59 Å². The highest BCUT2D eigenvalue weighted by Gasteiger charge is 2.44. The molecule has 1 aliphatic carbocycles. The van der Waals surface area contributed by atoms with E-state index >= 15 is 0 Å². The lowest BCUT2D eigenvalue weighted by Gasteiger charge is -2.37. The first-order valence-electron chi connectivity index (χ1n) is 6.70. The largest absolute Gasteiger partial charge is 0.481 e. The molecule has 1 fully saturated rings. The third kappa shape index (κ3) is 3.98. The lowest BCUT2D eigenvalue weighted by molar-refractivity contribution is -0.154. The summed E-state index contributed by atoms with van der Waals surface area (Å²) in [4.78, 5) is 22.7. The van der Waals surface area contributed by atoms with E-state index in [2.05, 4.69) is 12.2 Å². The summed E-state index contributed by atoms with van der Waals surface area (Å²) >= 11 is 0. The quantitative estimate of drug-likeness (QED) is 0.607. The second-order valence-corrected chi connectivity index (χ2v) is 5.44. The molecule has 0 radical (unpaired) electrons. The monoisotopic (exact) mass is 256 g/mol. The third-order valence-electron chi connectivity index (χ3n) is 3.91. The Morgan fingerprint density at radius 2 is 2.06 bits per heavy atom. The highest BCUT2D eigenvalue weighted by Crippen LogP contribution is 2.40. The average molecular weight is 256 g/mol. The maximum atomic E-state index is 11.6. The van der Waals surface area contributed by atoms with E-state index in [1.165, 1.54) is 0 Å². The summed E-state index contributed by atoms with van der Waals surface area (Å²) in [6.07, 6.45) is 4.47. The van der Waals surface area contributed by atoms with Crippen molar-refractivity contribution in [2.45, 2.75) is 45.4 Å². The number of hydrogen-bond donors (Lipinski definition) is 3. The number of nitrogens with one attached hydrogen (secondary N) is 1. The number of aliphatic carboxylic acids is 1. The van der Waals surface area contributed by atoms with Crippen molar-refractivity contribution in [3.05, 3.63) is 0 Å². The van der Waals surface area contributed by atoms with Crippen molar-refractivity contribution < 1.29 is 14.7 Å². The van der Waals surface area contributed by atoms with E-state index in [1.54, 1.807) is 0 Å². The standard InChI is InChI=1S/C13H24N2O3/c1-10(5-8-14)3-4-11(16)15-9-13(12(17)18)6-2-7-13/h10H,2-9,14H2,1H3,(H,15,16)(H,17,18). The highest BCUT2D eigenvalue weighted by atomic mass is 16.4. The van der Waals surface area contributed by atoms with Crippen LogP contribution in [0.5, 0.6) is 0 Å². The second kappa shape index (κ2) is 6.73. The maximum absolute atomic E-state index is 11.6. The lowest BCUT2D eigenvalue weighted by Crippen LogP contribution is -2.47. The van der Waals surface area contributed by atoms with Crippen LogP contribution in [0.25, 0.3) is 0 Å². The Hall–Kier alpha value is -1.10. The molecule has 18 heavy (non-hydrogen) atoms. The van der Waals surface area contributed by atoms with Gasteiger partial charge in [-0.3, -0.25) is 9.59 Å². The molecular formula is C13H24N2O3. The van der Waals surface area contributed by atoms with Crippen LogP contribution in [0.15, 0.2) is 0 Å². The summed E-state index contributed by atoms with van der Waals surface area (Å²) < 4.78 is 0. The van der Waals surface area contributed by atoms with E-state index < -0.39 is 11.4 Å². The fourth-order valence-corrected chi connectivity index (χ4v) is 2.23. The lowest BCUT2D eigenvalue weighted by atomic mass is 9.69. The Kier molecular flexibility index (Phi) is 5.59. The van der Waals surface area contributed by atoms with Crippen molar-refractivity contribution in [2.24, 2.45) is 17.1 Å². The Labute approximate surface area is 108 Å². The minimum Gasteiger partial charge on any atom is -0.481 e. The van der Waals surface area contributed by atoms with Gasteiger partial charge in [-0.2, -0.15) is 0 Å². The zero-order chi connectivity index (χ0) is 13.6. The van der Waals surface area contributed by atoms with Gasteiger partial charge in [0.25, 0.3) is 0 Å². The van der Waals surface area contributed by atoms with Crippen molar-refractivity contribution >= 4 is 11.9 Å². The topological polar surface area (TPSA) is 92.4 Å². The molecular weight excluding hydrogens is 232 g/mol. The molecule has 1 aliphatic rings. The molecule has 5 heteroatoms. The number of carboxylic acids is 1. The molecule has 0 spiro atoms. The van der Waals surface area contributed by atoms with E-state index in [1.807, 2.05) is 0 Å². The molecule has 104 valence electrons. The number of carbonyl (C=O) groups is 2. The molecule has 0 bridgehead atoms. The van der Waals surface area contributed by atoms with Gasteiger partial charge in [0.05, 0.1) is 5.41 Å². The number of hydrogen-bond acceptors (Lipinski definition) is 3. The molecule has 0 aromatic heterocycles. The zero-order valence-corrected chi connectivity index (χ0v) is 11.1. The molecule has 0 aliphatic heterocycles. The first-order chi connectivity index (χ1) is 8.50. The fraction of sp³-hybridized carbons (Fsp3) is 0.846. The fourth-order valence-electron chi connectivity index (χ4n) is 2.23. The molecule has 1 rings (SSSR count). The van der Waals surface area contributed by atoms with Gasteiger partial charge in [-0.1, -0.05) is 13.3 Å². The van der Waals surface area contributed by atoms with E-state index in [4.69, 9.17) is 10.8 Å². The first kappa shape index (κ1) is 15.0. The predicted octanol–water partition coefficient (Wildman–Crippen LogP) is 1.12. The average Bonchev–Trinajstić information content (AvgIpc) is 2.24. The van der Waals surface area contributed by atoms with Crippen molar-refractivity contribution in [1.82, 2.24) is 5.32 Å². The van der Waals surface area contributed by atoms with Crippen LogP contribution >= 0.6 is 0 Å². The van der Waals surface area contributed by atoms with Gasteiger partial charge in [-0.25, -0.2) is 0 Å². The molecule has 0 aromatic rings. The normalized spacial score (nSPS) is 18.8. The smallest absolute Gasteiger partial charge is 0.311 e. The van der Waals surface area contributed by atoms with Crippen LogP contribution in [-0.2, 0) is 9.59 Å². The van der Waals surface area contributed by atoms with Crippen LogP contribution in [-0.4, -0.2) is 30.1 Å². The zero-order valence-electron chi connectivity index (χ0n) is 11.1. The van der Waals surface area contributed by atoms with Gasteiger partial charge in [-0.05, 0) is 38.1 Å². The van der Waals surface area contributed by atoms with Crippen molar-refractivity contribution in [3.63, 3.8) is 0 Å². The Morgan fingerprint density at radius 1 is 1.39 bits per heavy atom. The number of carboxylic acid groups (broad SMARTS) is 1. The van der Waals surface area contributed by atoms with Crippen molar-refractivity contribution in [3.8, 4) is 0 Å². The predicted molar refractivity (Wildman–Crippen MR) is 69.0 cm³/mol. The van der Waals surface area contributed by atoms with Crippen LogP contribution in [0.3, 0.4) is 0 Å². The van der Waals surface area contributed by atoms with Crippen LogP contribution in [0.1, 0.15) is 45.4 Å². The van der Waals surface area contributed by atoms with Crippen LogP contribution in [0, 0.1) is 11.3 Å². The Bertz CT molecular complexity index is 301. The van der Waals surface area contributed by atoms with Crippen LogP contribution < -0.4 is 11.1 Å². The van der Waals surface area contributed by atoms with Gasteiger partial charge >= 0.3 is 5.97 Å². The number of amides is 1. The highest BCUT2D eigenvalue weighted by molar-refractivity contribution is 5.79. The molecule has 4 N–H and O–H groups in total. The number of carbonyl (C=O) groups excluding carboxylic acids is 1. The van der Waals surface area contributed by atoms with Crippen LogP contribution in [0.2, 0.25) is 0 Å². The van der Waals surface area contributed by atoms with Gasteiger partial charge < -0.3 is 16.2 Å². The third-order valence-corrected chi connectivity index (χ3v) is 3.91. The minimum absolute atomic E-state index is 0.0496. The summed E-state index contributed by atoms with van der Waals surface area (Å²) in [7, 11) is 0. The summed E-state index contributed by atoms with van der Waals surface area (Å²) in [5.41, 5.74) is 4.75. The van der Waals surface area contributed by atoms with Gasteiger partial charge in [0.15, 0.2) is 0 Å². The maximum Gasteiger partial charge on any atom is 0.311 e. The second-order valence-electron chi connectivity index (χ2n) is 5.44. The van der Waals surface area contributed by atoms with Crippen LogP contribution in [0.4, 0.5) is 0 Å². The minimum atomic E-state index is -0.787. The molecule has 5 nitrogen and oxygen atoms in total. The first-order valence-corrected chi connectivity index (χ1v) is 6.70. The molecule has 1 amide bonds. The van der Waals surface area contributed by atoms with Gasteiger partial charge in [-0.15, -0.1) is 0 Å². The van der Waals surface area contributed by atoms with Gasteiger partial charge in [0.1, 0.15) is 0 Å². The summed E-state index contributed by atoms with van der Waals surface area (Å²) in [6, 6.07) is 0. The van der Waals surface area contributed by atoms with Crippen molar-refractivity contribution in [1.29, 1.82) is 0 Å². The molecule has 1 atom stereocenters. The van der Waals surface area contributed by atoms with E-state index in [0.29, 0.717) is 31.7 Å². The Balaban J connectivity index is 2.22. The molecule has 0 aromatic carbocycles. The summed E-state index contributed by atoms with van der Waals surface area (Å²) in [6.45, 7) is 2.99. The number of rotatable bonds is 8. The molecule has 0 saturated heterocycles. The van der Waals surface area contributed by atoms with Gasteiger partial charge in [0, 0.05) is 13.0 Å². The summed E-state index contributed by atoms with van der Waals surface area (Å²) in [5, 5.41) is 11.9. The summed E-state index contributed by atoms with van der Waals surface area (Å²) in [5.74, 6) is -0.394. The molecule has 0 heterocycles. The SMILES string of the molecule is CC(CCN)CCC(=O)NCC1(C(=O)O)CCC1. The van der Waals surface area contributed by atoms with E-state index in [-0.39, 0.29) is 12.5 Å².